The molecule has 2 aromatic heterocycles. The Bertz CT molecular complexity index is 1590. The summed E-state index contributed by atoms with van der Waals surface area (Å²) in [6.45, 7) is 8.16. The number of carbonyl (C=O) groups excluding carboxylic acids is 1. The summed E-state index contributed by atoms with van der Waals surface area (Å²) in [5, 5.41) is 7.92. The van der Waals surface area contributed by atoms with Gasteiger partial charge in [0.1, 0.15) is 5.82 Å². The third-order valence-corrected chi connectivity index (χ3v) is 7.26. The molecule has 5 rings (SSSR count). The standard InChI is InChI=1S/C34H36N6O/c1-5-40(4)28-12-13-30-29(21-28)31(17-19-35-30)39-34-15-9-25(22-37-34)33(41)14-8-24-6-10-26(11-7-24)38-27-16-18-36-32(20-27)23(2)3/h5-7,9-13,15,17-23,27,38H,1,8,14,16H2,2-4H3,(H,35,37,39). The number of ketones is 1. The summed E-state index contributed by atoms with van der Waals surface area (Å²) in [5.41, 5.74) is 6.72. The molecule has 0 aliphatic carbocycles. The molecule has 0 amide bonds. The summed E-state index contributed by atoms with van der Waals surface area (Å²) in [4.78, 5) is 28.3. The molecule has 2 N–H and O–H groups in total. The fourth-order valence-electron chi connectivity index (χ4n) is 4.75. The number of aryl methyl sites for hydroxylation is 1. The molecule has 0 saturated heterocycles. The van der Waals surface area contributed by atoms with Crippen molar-refractivity contribution < 1.29 is 4.79 Å². The molecule has 3 heterocycles. The van der Waals surface area contributed by atoms with Gasteiger partial charge in [-0.25, -0.2) is 4.98 Å². The highest BCUT2D eigenvalue weighted by atomic mass is 16.1. The van der Waals surface area contributed by atoms with Gasteiger partial charge in [-0.15, -0.1) is 0 Å². The monoisotopic (exact) mass is 544 g/mol. The maximum absolute atomic E-state index is 12.9. The summed E-state index contributed by atoms with van der Waals surface area (Å²) < 4.78 is 0. The molecule has 41 heavy (non-hydrogen) atoms. The number of pyridine rings is 2. The first-order valence-corrected chi connectivity index (χ1v) is 14.0. The van der Waals surface area contributed by atoms with Crippen molar-refractivity contribution in [3.8, 4) is 0 Å². The van der Waals surface area contributed by atoms with E-state index in [1.54, 1.807) is 18.6 Å². The van der Waals surface area contributed by atoms with Crippen LogP contribution in [-0.2, 0) is 6.42 Å². The fraction of sp³-hybridized carbons (Fsp3) is 0.235. The second-order valence-corrected chi connectivity index (χ2v) is 10.6. The van der Waals surface area contributed by atoms with Crippen LogP contribution in [0.1, 0.15) is 42.6 Å². The van der Waals surface area contributed by atoms with Gasteiger partial charge < -0.3 is 15.5 Å². The van der Waals surface area contributed by atoms with E-state index in [0.717, 1.165) is 45.6 Å². The van der Waals surface area contributed by atoms with Gasteiger partial charge in [0.15, 0.2) is 5.78 Å². The van der Waals surface area contributed by atoms with Crippen molar-refractivity contribution in [2.75, 3.05) is 22.6 Å². The van der Waals surface area contributed by atoms with E-state index < -0.39 is 0 Å². The number of nitrogens with zero attached hydrogens (tertiary/aromatic N) is 4. The quantitative estimate of drug-likeness (QED) is 0.190. The van der Waals surface area contributed by atoms with Gasteiger partial charge in [-0.1, -0.05) is 32.6 Å². The Labute approximate surface area is 241 Å². The number of Topliss-reactive ketones (excluding diaryl/α,β-unsaturated/α-hetero) is 1. The van der Waals surface area contributed by atoms with E-state index >= 15 is 0 Å². The summed E-state index contributed by atoms with van der Waals surface area (Å²) in [6, 6.07) is 20.2. The number of rotatable bonds is 11. The van der Waals surface area contributed by atoms with Crippen molar-refractivity contribution in [1.82, 2.24) is 9.97 Å². The van der Waals surface area contributed by atoms with Crippen molar-refractivity contribution in [2.45, 2.75) is 39.2 Å². The topological polar surface area (TPSA) is 82.5 Å². The van der Waals surface area contributed by atoms with Gasteiger partial charge in [-0.05, 0) is 78.7 Å². The van der Waals surface area contributed by atoms with Crippen LogP contribution < -0.4 is 15.5 Å². The van der Waals surface area contributed by atoms with Gasteiger partial charge in [0.25, 0.3) is 0 Å². The number of aromatic nitrogens is 2. The van der Waals surface area contributed by atoms with Crippen LogP contribution in [0.3, 0.4) is 0 Å². The lowest BCUT2D eigenvalue weighted by atomic mass is 10.0. The first-order valence-electron chi connectivity index (χ1n) is 14.0. The van der Waals surface area contributed by atoms with E-state index in [2.05, 4.69) is 82.4 Å². The van der Waals surface area contributed by atoms with Crippen LogP contribution in [0, 0.1) is 5.92 Å². The Balaban J connectivity index is 1.17. The number of benzene rings is 2. The number of hydrogen-bond donors (Lipinski definition) is 2. The molecule has 1 aliphatic rings. The van der Waals surface area contributed by atoms with Crippen molar-refractivity contribution in [3.63, 3.8) is 0 Å². The maximum atomic E-state index is 12.9. The Morgan fingerprint density at radius 2 is 1.93 bits per heavy atom. The number of allylic oxidation sites excluding steroid dienone is 1. The summed E-state index contributed by atoms with van der Waals surface area (Å²) in [6.07, 6.45) is 11.4. The van der Waals surface area contributed by atoms with Gasteiger partial charge >= 0.3 is 0 Å². The zero-order valence-electron chi connectivity index (χ0n) is 23.8. The fourth-order valence-corrected chi connectivity index (χ4v) is 4.75. The lowest BCUT2D eigenvalue weighted by Crippen LogP contribution is -2.21. The summed E-state index contributed by atoms with van der Waals surface area (Å²) in [7, 11) is 1.95. The van der Waals surface area contributed by atoms with E-state index in [9.17, 15) is 4.79 Å². The number of anilines is 4. The number of carbonyl (C=O) groups is 1. The molecule has 0 bridgehead atoms. The van der Waals surface area contributed by atoms with Gasteiger partial charge in [-0.2, -0.15) is 0 Å². The molecule has 0 saturated carbocycles. The van der Waals surface area contributed by atoms with Crippen LogP contribution in [-0.4, -0.2) is 35.1 Å². The molecule has 7 heteroatoms. The molecule has 1 atom stereocenters. The van der Waals surface area contributed by atoms with E-state index in [4.69, 9.17) is 0 Å². The van der Waals surface area contributed by atoms with Crippen LogP contribution in [0.4, 0.5) is 22.9 Å². The van der Waals surface area contributed by atoms with Crippen LogP contribution in [0.25, 0.3) is 10.9 Å². The van der Waals surface area contributed by atoms with Crippen LogP contribution in [0.2, 0.25) is 0 Å². The second-order valence-electron chi connectivity index (χ2n) is 10.6. The molecule has 0 radical (unpaired) electrons. The predicted octanol–water partition coefficient (Wildman–Crippen LogP) is 7.56. The number of fused-ring (bicyclic) bond motifs is 1. The average Bonchev–Trinajstić information content (AvgIpc) is 3.00. The Kier molecular flexibility index (Phi) is 8.53. The van der Waals surface area contributed by atoms with Gasteiger partial charge in [-0.3, -0.25) is 14.8 Å². The third kappa shape index (κ3) is 6.87. The van der Waals surface area contributed by atoms with E-state index in [0.29, 0.717) is 30.1 Å². The lowest BCUT2D eigenvalue weighted by Gasteiger charge is -2.20. The molecule has 0 spiro atoms. The predicted molar refractivity (Wildman–Crippen MR) is 170 cm³/mol. The molecular formula is C34H36N6O. The number of nitrogens with one attached hydrogen (secondary N) is 2. The Morgan fingerprint density at radius 3 is 2.66 bits per heavy atom. The first kappa shape index (κ1) is 27.8. The SMILES string of the molecule is C=CN(C)c1ccc2nccc(Nc3ccc(C(=O)CCc4ccc(NC5C=C(C(C)C)N=CC5)cc4)cn3)c2c1. The van der Waals surface area contributed by atoms with Gasteiger partial charge in [0, 0.05) is 66.5 Å². The molecule has 2 aromatic carbocycles. The van der Waals surface area contributed by atoms with Crippen LogP contribution >= 0.6 is 0 Å². The highest BCUT2D eigenvalue weighted by Gasteiger charge is 2.13. The number of hydrogen-bond acceptors (Lipinski definition) is 7. The van der Waals surface area contributed by atoms with E-state index in [1.807, 2.05) is 48.5 Å². The largest absolute Gasteiger partial charge is 0.378 e. The molecule has 1 unspecified atom stereocenters. The van der Waals surface area contributed by atoms with Gasteiger partial charge in [0.05, 0.1) is 17.2 Å². The first-order chi connectivity index (χ1) is 19.9. The molecule has 0 fully saturated rings. The zero-order valence-corrected chi connectivity index (χ0v) is 23.8. The molecular weight excluding hydrogens is 508 g/mol. The van der Waals surface area contributed by atoms with E-state index in [1.165, 1.54) is 0 Å². The Morgan fingerprint density at radius 1 is 1.10 bits per heavy atom. The zero-order chi connectivity index (χ0) is 28.8. The second kappa shape index (κ2) is 12.6. The molecule has 4 aromatic rings. The maximum Gasteiger partial charge on any atom is 0.164 e. The van der Waals surface area contributed by atoms with E-state index in [-0.39, 0.29) is 11.8 Å². The minimum absolute atomic E-state index is 0.0746. The minimum Gasteiger partial charge on any atom is -0.378 e. The Hall–Kier alpha value is -4.78. The smallest absolute Gasteiger partial charge is 0.164 e. The summed E-state index contributed by atoms with van der Waals surface area (Å²) >= 11 is 0. The van der Waals surface area contributed by atoms with Crippen molar-refractivity contribution >= 4 is 45.8 Å². The number of aliphatic imine (C=N–C) groups is 1. The van der Waals surface area contributed by atoms with Crippen molar-refractivity contribution in [2.24, 2.45) is 10.9 Å². The summed E-state index contributed by atoms with van der Waals surface area (Å²) in [5.74, 6) is 1.16. The van der Waals surface area contributed by atoms with Gasteiger partial charge in [0.2, 0.25) is 0 Å². The molecule has 208 valence electrons. The normalized spacial score (nSPS) is 14.5. The van der Waals surface area contributed by atoms with Crippen molar-refractivity contribution in [1.29, 1.82) is 0 Å². The highest BCUT2D eigenvalue weighted by Crippen LogP contribution is 2.28. The molecule has 7 nitrogen and oxygen atoms in total. The average molecular weight is 545 g/mol. The lowest BCUT2D eigenvalue weighted by molar-refractivity contribution is 0.0982. The van der Waals surface area contributed by atoms with Crippen molar-refractivity contribution in [3.05, 3.63) is 109 Å². The minimum atomic E-state index is 0.0746. The molecule has 1 aliphatic heterocycles. The third-order valence-electron chi connectivity index (χ3n) is 7.26. The van der Waals surface area contributed by atoms with Crippen LogP contribution in [0.5, 0.6) is 0 Å². The highest BCUT2D eigenvalue weighted by molar-refractivity contribution is 5.97. The van der Waals surface area contributed by atoms with Crippen LogP contribution in [0.15, 0.2) is 103 Å².